The Balaban J connectivity index is 1.64. The van der Waals surface area contributed by atoms with Gasteiger partial charge in [0.25, 0.3) is 0 Å². The van der Waals surface area contributed by atoms with Crippen LogP contribution < -0.4 is 5.73 Å². The van der Waals surface area contributed by atoms with Crippen LogP contribution in [0.25, 0.3) is 10.9 Å². The van der Waals surface area contributed by atoms with Crippen LogP contribution in [0.4, 0.5) is 5.00 Å². The van der Waals surface area contributed by atoms with Gasteiger partial charge in [0.15, 0.2) is 0 Å². The summed E-state index contributed by atoms with van der Waals surface area (Å²) in [6.45, 7) is 5.77. The molecule has 0 spiro atoms. The number of carbonyl (C=O) groups excluding carboxylic acids is 1. The highest BCUT2D eigenvalue weighted by atomic mass is 32.2. The maximum Gasteiger partial charge on any atom is 0.348 e. The molecule has 166 valence electrons. The van der Waals surface area contributed by atoms with Crippen molar-refractivity contribution in [3.63, 3.8) is 0 Å². The number of rotatable bonds is 7. The minimum atomic E-state index is -0.457. The lowest BCUT2D eigenvalue weighted by Crippen LogP contribution is -2.36. The van der Waals surface area contributed by atoms with Crippen LogP contribution in [0.3, 0.4) is 0 Å². The average molecular weight is 470 g/mol. The Morgan fingerprint density at radius 1 is 1.34 bits per heavy atom. The van der Waals surface area contributed by atoms with Crippen LogP contribution in [0.15, 0.2) is 29.3 Å². The van der Waals surface area contributed by atoms with Crippen LogP contribution in [0, 0.1) is 11.3 Å². The van der Waals surface area contributed by atoms with Gasteiger partial charge in [0.05, 0.1) is 37.4 Å². The van der Waals surface area contributed by atoms with Gasteiger partial charge in [-0.1, -0.05) is 18.2 Å². The molecule has 4 rings (SSSR count). The Bertz CT molecular complexity index is 1170. The Kier molecular flexibility index (Phi) is 7.22. The molecule has 3 aromatic rings. The number of esters is 1. The number of nitriles is 1. The second kappa shape index (κ2) is 10.3. The van der Waals surface area contributed by atoms with Gasteiger partial charge in [0, 0.05) is 29.8 Å². The zero-order valence-corrected chi connectivity index (χ0v) is 19.3. The van der Waals surface area contributed by atoms with E-state index in [4.69, 9.17) is 25.2 Å². The molecule has 0 radical (unpaired) electrons. The zero-order chi connectivity index (χ0) is 22.5. The lowest BCUT2D eigenvalue weighted by molar-refractivity contribution is 0.0330. The molecular formula is C22H23N5O3S2. The first-order valence-electron chi connectivity index (χ1n) is 10.3. The Labute approximate surface area is 194 Å². The first kappa shape index (κ1) is 22.5. The fourth-order valence-electron chi connectivity index (χ4n) is 3.48. The van der Waals surface area contributed by atoms with Crippen molar-refractivity contribution in [2.75, 3.05) is 38.6 Å². The number of nitrogens with zero attached hydrogens (tertiary/aromatic N) is 4. The van der Waals surface area contributed by atoms with Crippen LogP contribution in [-0.4, -0.2) is 53.7 Å². The smallest absolute Gasteiger partial charge is 0.348 e. The largest absolute Gasteiger partial charge is 0.462 e. The van der Waals surface area contributed by atoms with Crippen molar-refractivity contribution in [3.05, 3.63) is 46.1 Å². The second-order valence-corrected chi connectivity index (χ2v) is 9.14. The molecule has 0 atom stereocenters. The maximum atomic E-state index is 12.4. The van der Waals surface area contributed by atoms with E-state index in [1.165, 1.54) is 11.8 Å². The molecule has 0 aliphatic carbocycles. The van der Waals surface area contributed by atoms with Crippen molar-refractivity contribution < 1.29 is 14.3 Å². The Morgan fingerprint density at radius 3 is 2.88 bits per heavy atom. The number of morpholine rings is 1. The minimum absolute atomic E-state index is 0.257. The number of fused-ring (bicyclic) bond motifs is 1. The third kappa shape index (κ3) is 4.86. The predicted molar refractivity (Wildman–Crippen MR) is 125 cm³/mol. The molecule has 1 aliphatic rings. The van der Waals surface area contributed by atoms with Gasteiger partial charge in [0.2, 0.25) is 0 Å². The second-order valence-electron chi connectivity index (χ2n) is 7.12. The van der Waals surface area contributed by atoms with Crippen molar-refractivity contribution in [2.24, 2.45) is 0 Å². The number of nitrogens with two attached hydrogens (primary N) is 1. The van der Waals surface area contributed by atoms with E-state index >= 15 is 0 Å². The number of nitrogen functional groups attached to an aromatic ring is 1. The highest BCUT2D eigenvalue weighted by Crippen LogP contribution is 2.36. The summed E-state index contributed by atoms with van der Waals surface area (Å²) in [6, 6.07) is 9.99. The minimum Gasteiger partial charge on any atom is -0.462 e. The summed E-state index contributed by atoms with van der Waals surface area (Å²) in [5.41, 5.74) is 7.80. The molecular weight excluding hydrogens is 446 g/mol. The van der Waals surface area contributed by atoms with E-state index in [1.807, 2.05) is 24.3 Å². The van der Waals surface area contributed by atoms with Crippen LogP contribution in [-0.2, 0) is 21.8 Å². The predicted octanol–water partition coefficient (Wildman–Crippen LogP) is 3.45. The summed E-state index contributed by atoms with van der Waals surface area (Å²) in [4.78, 5) is 24.6. The standard InChI is InChI=1S/C22H23N5O3S2/c1-2-30-22(28)19-16(15(11-23)20(24)32-19)13-31-21-14-5-3-4-6-17(14)25-18(26-21)12-27-7-9-29-10-8-27/h3-6H,2,7-10,12-13,24H2,1H3. The fraction of sp³-hybridized carbons (Fsp3) is 0.364. The summed E-state index contributed by atoms with van der Waals surface area (Å²) in [6.07, 6.45) is 0. The molecule has 1 aliphatic heterocycles. The van der Waals surface area contributed by atoms with Gasteiger partial charge in [0.1, 0.15) is 26.8 Å². The lowest BCUT2D eigenvalue weighted by atomic mass is 10.2. The van der Waals surface area contributed by atoms with Crippen molar-refractivity contribution in [3.8, 4) is 6.07 Å². The van der Waals surface area contributed by atoms with E-state index in [1.54, 1.807) is 6.92 Å². The van der Waals surface area contributed by atoms with Crippen LogP contribution in [0.5, 0.6) is 0 Å². The zero-order valence-electron chi connectivity index (χ0n) is 17.7. The van der Waals surface area contributed by atoms with Gasteiger partial charge in [-0.15, -0.1) is 23.1 Å². The summed E-state index contributed by atoms with van der Waals surface area (Å²) in [5.74, 6) is 0.661. The molecule has 3 heterocycles. The molecule has 10 heteroatoms. The number of para-hydroxylation sites is 1. The Morgan fingerprint density at radius 2 is 2.12 bits per heavy atom. The molecule has 8 nitrogen and oxygen atoms in total. The number of thiophene rings is 1. The Hall–Kier alpha value is -2.71. The SMILES string of the molecule is CCOC(=O)c1sc(N)c(C#N)c1CSc1nc(CN2CCOCC2)nc2ccccc12. The normalized spacial score (nSPS) is 14.4. The topological polar surface area (TPSA) is 114 Å². The van der Waals surface area contributed by atoms with E-state index in [-0.39, 0.29) is 6.61 Å². The third-order valence-corrected chi connectivity index (χ3v) is 7.10. The summed E-state index contributed by atoms with van der Waals surface area (Å²) in [7, 11) is 0. The molecule has 1 fully saturated rings. The molecule has 0 unspecified atom stereocenters. The van der Waals surface area contributed by atoms with Gasteiger partial charge < -0.3 is 15.2 Å². The van der Waals surface area contributed by atoms with Crippen molar-refractivity contribution in [1.29, 1.82) is 5.26 Å². The monoisotopic (exact) mass is 469 g/mol. The number of carbonyl (C=O) groups is 1. The van der Waals surface area contributed by atoms with Crippen molar-refractivity contribution in [1.82, 2.24) is 14.9 Å². The summed E-state index contributed by atoms with van der Waals surface area (Å²) < 4.78 is 10.6. The number of hydrogen-bond acceptors (Lipinski definition) is 10. The van der Waals surface area contributed by atoms with Crippen LogP contribution >= 0.6 is 23.1 Å². The van der Waals surface area contributed by atoms with E-state index < -0.39 is 5.97 Å². The van der Waals surface area contributed by atoms with Gasteiger partial charge in [-0.05, 0) is 13.0 Å². The van der Waals surface area contributed by atoms with E-state index in [0.717, 1.165) is 46.2 Å². The number of anilines is 1. The van der Waals surface area contributed by atoms with Crippen LogP contribution in [0.1, 0.15) is 33.5 Å². The van der Waals surface area contributed by atoms with Gasteiger partial charge >= 0.3 is 5.97 Å². The number of hydrogen-bond donors (Lipinski definition) is 1. The molecule has 1 aromatic carbocycles. The van der Waals surface area contributed by atoms with Crippen molar-refractivity contribution in [2.45, 2.75) is 24.2 Å². The lowest BCUT2D eigenvalue weighted by Gasteiger charge is -2.25. The van der Waals surface area contributed by atoms with Gasteiger partial charge in [-0.25, -0.2) is 14.8 Å². The van der Waals surface area contributed by atoms with Crippen LogP contribution in [0.2, 0.25) is 0 Å². The molecule has 2 aromatic heterocycles. The number of ether oxygens (including phenoxy) is 2. The molecule has 0 bridgehead atoms. The highest BCUT2D eigenvalue weighted by molar-refractivity contribution is 7.98. The summed E-state index contributed by atoms with van der Waals surface area (Å²) in [5, 5.41) is 11.7. The molecule has 2 N–H and O–H groups in total. The van der Waals surface area contributed by atoms with Crippen molar-refractivity contribution >= 4 is 45.0 Å². The van der Waals surface area contributed by atoms with E-state index in [2.05, 4.69) is 11.0 Å². The maximum absolute atomic E-state index is 12.4. The average Bonchev–Trinajstić information content (AvgIpc) is 3.13. The first-order valence-corrected chi connectivity index (χ1v) is 12.1. The quantitative estimate of drug-likeness (QED) is 0.316. The fourth-order valence-corrected chi connectivity index (χ4v) is 5.57. The number of aromatic nitrogens is 2. The number of thioether (sulfide) groups is 1. The first-order chi connectivity index (χ1) is 15.6. The molecule has 1 saturated heterocycles. The van der Waals surface area contributed by atoms with Gasteiger partial charge in [-0.2, -0.15) is 5.26 Å². The summed E-state index contributed by atoms with van der Waals surface area (Å²) >= 11 is 2.56. The number of benzene rings is 1. The van der Waals surface area contributed by atoms with E-state index in [0.29, 0.717) is 46.5 Å². The third-order valence-electron chi connectivity index (χ3n) is 5.04. The molecule has 32 heavy (non-hydrogen) atoms. The van der Waals surface area contributed by atoms with Gasteiger partial charge in [-0.3, -0.25) is 4.90 Å². The highest BCUT2D eigenvalue weighted by Gasteiger charge is 2.23. The van der Waals surface area contributed by atoms with E-state index in [9.17, 15) is 10.1 Å². The molecule has 0 saturated carbocycles. The molecule has 0 amide bonds.